The highest BCUT2D eigenvalue weighted by molar-refractivity contribution is 5.79. The summed E-state index contributed by atoms with van der Waals surface area (Å²) in [6.07, 6.45) is 1.81. The Hall–Kier alpha value is -1.71. The molecule has 3 nitrogen and oxygen atoms in total. The molecule has 0 radical (unpaired) electrons. The standard InChI is InChI=1S/C15H19N3/c1-11(2)10-18-15(9-16)13-5-6-14-12(8-13)4-3-7-17-14/h3-8,15,18H,1,9-10,16H2,2H3. The van der Waals surface area contributed by atoms with Crippen molar-refractivity contribution in [1.29, 1.82) is 0 Å². The molecule has 0 fully saturated rings. The van der Waals surface area contributed by atoms with Crippen LogP contribution in [0.1, 0.15) is 18.5 Å². The smallest absolute Gasteiger partial charge is 0.0702 e. The second-order valence-electron chi connectivity index (χ2n) is 4.58. The average Bonchev–Trinajstić information content (AvgIpc) is 2.39. The molecule has 1 atom stereocenters. The third-order valence-corrected chi connectivity index (χ3v) is 2.92. The summed E-state index contributed by atoms with van der Waals surface area (Å²) in [5.74, 6) is 0. The van der Waals surface area contributed by atoms with E-state index in [4.69, 9.17) is 5.73 Å². The van der Waals surface area contributed by atoms with Crippen molar-refractivity contribution >= 4 is 10.9 Å². The molecular formula is C15H19N3. The highest BCUT2D eigenvalue weighted by Crippen LogP contribution is 2.18. The molecule has 3 heteroatoms. The van der Waals surface area contributed by atoms with Gasteiger partial charge in [-0.05, 0) is 30.7 Å². The van der Waals surface area contributed by atoms with Gasteiger partial charge in [0.25, 0.3) is 0 Å². The number of nitrogens with zero attached hydrogens (tertiary/aromatic N) is 1. The zero-order valence-corrected chi connectivity index (χ0v) is 10.7. The molecule has 0 amide bonds. The third kappa shape index (κ3) is 2.94. The Morgan fingerprint density at radius 1 is 1.44 bits per heavy atom. The summed E-state index contributed by atoms with van der Waals surface area (Å²) >= 11 is 0. The van der Waals surface area contributed by atoms with Crippen LogP contribution in [0.4, 0.5) is 0 Å². The minimum atomic E-state index is 0.159. The van der Waals surface area contributed by atoms with Crippen LogP contribution >= 0.6 is 0 Å². The summed E-state index contributed by atoms with van der Waals surface area (Å²) in [6, 6.07) is 10.4. The molecule has 0 bridgehead atoms. The number of nitrogens with one attached hydrogen (secondary N) is 1. The van der Waals surface area contributed by atoms with Crippen LogP contribution in [0.3, 0.4) is 0 Å². The first-order chi connectivity index (χ1) is 8.70. The van der Waals surface area contributed by atoms with Crippen LogP contribution in [0.2, 0.25) is 0 Å². The Morgan fingerprint density at radius 2 is 2.28 bits per heavy atom. The summed E-state index contributed by atoms with van der Waals surface area (Å²) in [5, 5.41) is 4.55. The van der Waals surface area contributed by atoms with Crippen LogP contribution in [0.25, 0.3) is 10.9 Å². The number of benzene rings is 1. The molecule has 3 N–H and O–H groups in total. The summed E-state index contributed by atoms with van der Waals surface area (Å²) < 4.78 is 0. The van der Waals surface area contributed by atoms with Crippen molar-refractivity contribution in [2.75, 3.05) is 13.1 Å². The van der Waals surface area contributed by atoms with Gasteiger partial charge in [0.15, 0.2) is 0 Å². The number of hydrogen-bond acceptors (Lipinski definition) is 3. The summed E-state index contributed by atoms with van der Waals surface area (Å²) in [6.45, 7) is 7.25. The Bertz CT molecular complexity index is 548. The van der Waals surface area contributed by atoms with Gasteiger partial charge in [-0.15, -0.1) is 0 Å². The SMILES string of the molecule is C=C(C)CNC(CN)c1ccc2ncccc2c1. The number of fused-ring (bicyclic) bond motifs is 1. The molecule has 1 aromatic carbocycles. The topological polar surface area (TPSA) is 50.9 Å². The van der Waals surface area contributed by atoms with Crippen LogP contribution in [0.15, 0.2) is 48.7 Å². The number of hydrogen-bond donors (Lipinski definition) is 2. The van der Waals surface area contributed by atoms with Crippen molar-refractivity contribution in [3.8, 4) is 0 Å². The molecule has 0 aliphatic heterocycles. The van der Waals surface area contributed by atoms with Crippen LogP contribution in [0.5, 0.6) is 0 Å². The minimum Gasteiger partial charge on any atom is -0.329 e. The van der Waals surface area contributed by atoms with E-state index < -0.39 is 0 Å². The fourth-order valence-corrected chi connectivity index (χ4v) is 1.95. The second kappa shape index (κ2) is 5.76. The van der Waals surface area contributed by atoms with Crippen molar-refractivity contribution in [1.82, 2.24) is 10.3 Å². The van der Waals surface area contributed by atoms with Crippen molar-refractivity contribution < 1.29 is 0 Å². The quantitative estimate of drug-likeness (QED) is 0.790. The molecule has 2 aromatic rings. The monoisotopic (exact) mass is 241 g/mol. The Balaban J connectivity index is 2.24. The molecular weight excluding hydrogens is 222 g/mol. The first-order valence-corrected chi connectivity index (χ1v) is 6.13. The van der Waals surface area contributed by atoms with Gasteiger partial charge in [0.1, 0.15) is 0 Å². The second-order valence-corrected chi connectivity index (χ2v) is 4.58. The predicted octanol–water partition coefficient (Wildman–Crippen LogP) is 2.40. The van der Waals surface area contributed by atoms with E-state index in [0.717, 1.165) is 23.0 Å². The molecule has 94 valence electrons. The lowest BCUT2D eigenvalue weighted by atomic mass is 10.0. The molecule has 1 unspecified atom stereocenters. The normalized spacial score (nSPS) is 12.6. The van der Waals surface area contributed by atoms with Crippen LogP contribution < -0.4 is 11.1 Å². The van der Waals surface area contributed by atoms with Gasteiger partial charge >= 0.3 is 0 Å². The van der Waals surface area contributed by atoms with Gasteiger partial charge in [0, 0.05) is 30.7 Å². The maximum atomic E-state index is 5.83. The predicted molar refractivity (Wildman–Crippen MR) is 76.4 cm³/mol. The van der Waals surface area contributed by atoms with Crippen molar-refractivity contribution in [2.24, 2.45) is 5.73 Å². The molecule has 1 aromatic heterocycles. The number of pyridine rings is 1. The van der Waals surface area contributed by atoms with Gasteiger partial charge < -0.3 is 11.1 Å². The van der Waals surface area contributed by atoms with Crippen molar-refractivity contribution in [3.63, 3.8) is 0 Å². The zero-order chi connectivity index (χ0) is 13.0. The summed E-state index contributed by atoms with van der Waals surface area (Å²) in [5.41, 5.74) is 9.14. The van der Waals surface area contributed by atoms with E-state index in [-0.39, 0.29) is 6.04 Å². The zero-order valence-electron chi connectivity index (χ0n) is 10.7. The van der Waals surface area contributed by atoms with Crippen molar-refractivity contribution in [3.05, 3.63) is 54.2 Å². The van der Waals surface area contributed by atoms with Gasteiger partial charge in [0.05, 0.1) is 5.52 Å². The highest BCUT2D eigenvalue weighted by atomic mass is 14.9. The van der Waals surface area contributed by atoms with Gasteiger partial charge in [-0.25, -0.2) is 0 Å². The molecule has 0 saturated carbocycles. The van der Waals surface area contributed by atoms with Gasteiger partial charge in [-0.3, -0.25) is 4.98 Å². The molecule has 1 heterocycles. The summed E-state index contributed by atoms with van der Waals surface area (Å²) in [4.78, 5) is 4.32. The lowest BCUT2D eigenvalue weighted by Crippen LogP contribution is -2.29. The van der Waals surface area contributed by atoms with E-state index in [0.29, 0.717) is 6.54 Å². The van der Waals surface area contributed by atoms with E-state index >= 15 is 0 Å². The number of aromatic nitrogens is 1. The van der Waals surface area contributed by atoms with E-state index in [1.54, 1.807) is 0 Å². The van der Waals surface area contributed by atoms with Gasteiger partial charge in [-0.1, -0.05) is 24.3 Å². The van der Waals surface area contributed by atoms with Crippen LogP contribution in [0, 0.1) is 0 Å². The van der Waals surface area contributed by atoms with Gasteiger partial charge in [0.2, 0.25) is 0 Å². The van der Waals surface area contributed by atoms with Crippen molar-refractivity contribution in [2.45, 2.75) is 13.0 Å². The highest BCUT2D eigenvalue weighted by Gasteiger charge is 2.09. The Labute approximate surface area is 108 Å². The number of rotatable bonds is 5. The molecule has 0 saturated heterocycles. The molecule has 0 aliphatic carbocycles. The molecule has 18 heavy (non-hydrogen) atoms. The Morgan fingerprint density at radius 3 is 3.00 bits per heavy atom. The molecule has 0 aliphatic rings. The first kappa shape index (κ1) is 12.7. The minimum absolute atomic E-state index is 0.159. The van der Waals surface area contributed by atoms with Crippen LogP contribution in [-0.4, -0.2) is 18.1 Å². The lowest BCUT2D eigenvalue weighted by Gasteiger charge is -2.17. The first-order valence-electron chi connectivity index (χ1n) is 6.13. The molecule has 2 rings (SSSR count). The maximum absolute atomic E-state index is 5.83. The maximum Gasteiger partial charge on any atom is 0.0702 e. The molecule has 0 spiro atoms. The largest absolute Gasteiger partial charge is 0.329 e. The fraction of sp³-hybridized carbons (Fsp3) is 0.267. The summed E-state index contributed by atoms with van der Waals surface area (Å²) in [7, 11) is 0. The lowest BCUT2D eigenvalue weighted by molar-refractivity contribution is 0.570. The third-order valence-electron chi connectivity index (χ3n) is 2.92. The van der Waals surface area contributed by atoms with E-state index in [1.807, 2.05) is 25.3 Å². The average molecular weight is 241 g/mol. The van der Waals surface area contributed by atoms with Crippen LogP contribution in [-0.2, 0) is 0 Å². The van der Waals surface area contributed by atoms with Gasteiger partial charge in [-0.2, -0.15) is 0 Å². The number of nitrogens with two attached hydrogens (primary N) is 1. The fourth-order valence-electron chi connectivity index (χ4n) is 1.95. The van der Waals surface area contributed by atoms with E-state index in [1.165, 1.54) is 5.56 Å². The van der Waals surface area contributed by atoms with E-state index in [9.17, 15) is 0 Å². The Kier molecular flexibility index (Phi) is 4.07. The van der Waals surface area contributed by atoms with E-state index in [2.05, 4.69) is 35.1 Å².